The number of hydrogen-bond acceptors (Lipinski definition) is 4. The molecule has 0 spiro atoms. The highest BCUT2D eigenvalue weighted by Crippen LogP contribution is 2.26. The minimum atomic E-state index is -1.20. The Morgan fingerprint density at radius 3 is 2.64 bits per heavy atom. The van der Waals surface area contributed by atoms with E-state index in [-0.39, 0.29) is 0 Å². The van der Waals surface area contributed by atoms with E-state index in [9.17, 15) is 4.21 Å². The van der Waals surface area contributed by atoms with Gasteiger partial charge >= 0.3 is 0 Å². The van der Waals surface area contributed by atoms with Gasteiger partial charge in [-0.05, 0) is 38.3 Å². The number of aliphatic imine (C=N–C) groups is 1. The maximum absolute atomic E-state index is 12.7. The summed E-state index contributed by atoms with van der Waals surface area (Å²) >= 11 is 5.26. The zero-order valence-corrected chi connectivity index (χ0v) is 14.6. The topological polar surface area (TPSA) is 44.7 Å². The molecule has 0 radical (unpaired) electrons. The fourth-order valence-corrected chi connectivity index (χ4v) is 4.22. The monoisotopic (exact) mass is 335 g/mol. The molecule has 2 aliphatic rings. The molecule has 0 amide bonds. The number of amidine groups is 1. The molecule has 1 fully saturated rings. The molecule has 22 heavy (non-hydrogen) atoms. The molecule has 1 unspecified atom stereocenters. The SMILES string of the molecule is CC1(C)N=C(S(=O)Cc2ccccc2N2CCCC2)NC1=S. The number of para-hydroxylation sites is 1. The maximum Gasteiger partial charge on any atom is 0.193 e. The van der Waals surface area contributed by atoms with Crippen LogP contribution in [0.3, 0.4) is 0 Å². The normalized spacial score (nSPS) is 21.6. The van der Waals surface area contributed by atoms with Gasteiger partial charge in [0.25, 0.3) is 0 Å². The Balaban J connectivity index is 1.79. The van der Waals surface area contributed by atoms with E-state index < -0.39 is 16.3 Å². The first-order chi connectivity index (χ1) is 10.5. The fraction of sp³-hybridized carbons (Fsp3) is 0.500. The molecule has 2 heterocycles. The minimum Gasteiger partial charge on any atom is -0.371 e. The van der Waals surface area contributed by atoms with E-state index in [1.54, 1.807) is 0 Å². The highest BCUT2D eigenvalue weighted by Gasteiger charge is 2.33. The smallest absolute Gasteiger partial charge is 0.193 e. The fourth-order valence-electron chi connectivity index (χ4n) is 2.80. The molecule has 3 rings (SSSR count). The van der Waals surface area contributed by atoms with Crippen LogP contribution in [0, 0.1) is 0 Å². The molecule has 1 atom stereocenters. The van der Waals surface area contributed by atoms with Crippen molar-refractivity contribution >= 4 is 38.9 Å². The third-order valence-corrected chi connectivity index (χ3v) is 5.90. The van der Waals surface area contributed by atoms with E-state index in [2.05, 4.69) is 27.3 Å². The summed E-state index contributed by atoms with van der Waals surface area (Å²) in [5, 5.41) is 3.53. The summed E-state index contributed by atoms with van der Waals surface area (Å²) in [6.45, 7) is 6.04. The summed E-state index contributed by atoms with van der Waals surface area (Å²) < 4.78 is 12.7. The van der Waals surface area contributed by atoms with Gasteiger partial charge in [-0.1, -0.05) is 30.4 Å². The standard InChI is InChI=1S/C16H21N3OS2/c1-16(2)14(21)17-15(18-16)22(20)11-12-7-3-4-8-13(12)19-9-5-6-10-19/h3-4,7-8H,5-6,9-11H2,1-2H3,(H,17,18,21). The minimum absolute atomic E-state index is 0.450. The lowest BCUT2D eigenvalue weighted by Gasteiger charge is -2.21. The van der Waals surface area contributed by atoms with Crippen molar-refractivity contribution < 1.29 is 4.21 Å². The van der Waals surface area contributed by atoms with Crippen molar-refractivity contribution in [2.24, 2.45) is 4.99 Å². The van der Waals surface area contributed by atoms with Crippen LogP contribution in [0.2, 0.25) is 0 Å². The number of anilines is 1. The van der Waals surface area contributed by atoms with Gasteiger partial charge in [-0.2, -0.15) is 0 Å². The summed E-state index contributed by atoms with van der Waals surface area (Å²) in [6.07, 6.45) is 2.46. The number of hydrogen-bond donors (Lipinski definition) is 1. The molecule has 0 aliphatic carbocycles. The summed E-state index contributed by atoms with van der Waals surface area (Å²) in [5.41, 5.74) is 1.87. The Morgan fingerprint density at radius 2 is 2.00 bits per heavy atom. The van der Waals surface area contributed by atoms with Crippen LogP contribution in [-0.2, 0) is 16.6 Å². The summed E-state index contributed by atoms with van der Waals surface area (Å²) in [6, 6.07) is 8.23. The predicted molar refractivity (Wildman–Crippen MR) is 97.0 cm³/mol. The van der Waals surface area contributed by atoms with Crippen molar-refractivity contribution in [1.29, 1.82) is 0 Å². The number of rotatable bonds is 3. The van der Waals surface area contributed by atoms with Gasteiger partial charge in [0.05, 0.1) is 16.6 Å². The first-order valence-electron chi connectivity index (χ1n) is 7.60. The van der Waals surface area contributed by atoms with Crippen LogP contribution in [0.1, 0.15) is 32.3 Å². The molecule has 1 aromatic rings. The summed E-state index contributed by atoms with van der Waals surface area (Å²) in [5.74, 6) is 0.469. The van der Waals surface area contributed by atoms with E-state index in [4.69, 9.17) is 12.2 Å². The lowest BCUT2D eigenvalue weighted by Crippen LogP contribution is -2.34. The van der Waals surface area contributed by atoms with E-state index in [0.717, 1.165) is 18.7 Å². The number of thiocarbonyl (C=S) groups is 1. The van der Waals surface area contributed by atoms with Crippen LogP contribution in [0.5, 0.6) is 0 Å². The van der Waals surface area contributed by atoms with E-state index in [1.165, 1.54) is 18.5 Å². The van der Waals surface area contributed by atoms with E-state index in [0.29, 0.717) is 15.9 Å². The number of nitrogens with zero attached hydrogens (tertiary/aromatic N) is 2. The van der Waals surface area contributed by atoms with Gasteiger partial charge in [0.15, 0.2) is 5.17 Å². The molecule has 2 aliphatic heterocycles. The van der Waals surface area contributed by atoms with Crippen molar-refractivity contribution in [3.63, 3.8) is 0 Å². The molecule has 0 bridgehead atoms. The van der Waals surface area contributed by atoms with Gasteiger partial charge in [0.1, 0.15) is 10.5 Å². The Hall–Kier alpha value is -1.27. The Labute approximate surface area is 139 Å². The number of nitrogens with one attached hydrogen (secondary N) is 1. The molecule has 0 saturated carbocycles. The molecule has 4 nitrogen and oxygen atoms in total. The van der Waals surface area contributed by atoms with Crippen molar-refractivity contribution in [3.8, 4) is 0 Å². The van der Waals surface area contributed by atoms with Crippen molar-refractivity contribution in [2.45, 2.75) is 38.0 Å². The largest absolute Gasteiger partial charge is 0.371 e. The first-order valence-corrected chi connectivity index (χ1v) is 9.32. The van der Waals surface area contributed by atoms with Crippen LogP contribution in [0.25, 0.3) is 0 Å². The van der Waals surface area contributed by atoms with Crippen molar-refractivity contribution in [3.05, 3.63) is 29.8 Å². The van der Waals surface area contributed by atoms with Gasteiger partial charge in [-0.15, -0.1) is 0 Å². The molecular formula is C16H21N3OS2. The highest BCUT2D eigenvalue weighted by molar-refractivity contribution is 8.00. The first kappa shape index (κ1) is 15.6. The van der Waals surface area contributed by atoms with Crippen molar-refractivity contribution in [2.75, 3.05) is 18.0 Å². The summed E-state index contributed by atoms with van der Waals surface area (Å²) in [7, 11) is -1.20. The lowest BCUT2D eigenvalue weighted by molar-refractivity contribution is 0.688. The average molecular weight is 335 g/mol. The second kappa shape index (κ2) is 6.08. The van der Waals surface area contributed by atoms with Crippen LogP contribution in [-0.4, -0.2) is 33.0 Å². The molecule has 1 saturated heterocycles. The molecule has 6 heteroatoms. The Kier molecular flexibility index (Phi) is 4.32. The summed E-state index contributed by atoms with van der Waals surface area (Å²) in [4.78, 5) is 7.50. The van der Waals surface area contributed by atoms with Gasteiger partial charge in [-0.3, -0.25) is 4.21 Å². The van der Waals surface area contributed by atoms with E-state index >= 15 is 0 Å². The van der Waals surface area contributed by atoms with Gasteiger partial charge in [-0.25, -0.2) is 4.99 Å². The molecule has 118 valence electrons. The number of benzene rings is 1. The second-order valence-corrected chi connectivity index (χ2v) is 8.02. The molecule has 1 N–H and O–H groups in total. The highest BCUT2D eigenvalue weighted by atomic mass is 32.2. The van der Waals surface area contributed by atoms with Crippen LogP contribution in [0.4, 0.5) is 5.69 Å². The van der Waals surface area contributed by atoms with Crippen LogP contribution in [0.15, 0.2) is 29.3 Å². The Morgan fingerprint density at radius 1 is 1.32 bits per heavy atom. The van der Waals surface area contributed by atoms with Crippen molar-refractivity contribution in [1.82, 2.24) is 5.32 Å². The zero-order valence-electron chi connectivity index (χ0n) is 13.0. The second-order valence-electron chi connectivity index (χ2n) is 6.24. The van der Waals surface area contributed by atoms with Crippen LogP contribution < -0.4 is 10.2 Å². The lowest BCUT2D eigenvalue weighted by atomic mass is 10.1. The third kappa shape index (κ3) is 3.08. The maximum atomic E-state index is 12.7. The molecule has 1 aromatic carbocycles. The zero-order chi connectivity index (χ0) is 15.7. The van der Waals surface area contributed by atoms with Gasteiger partial charge in [0, 0.05) is 18.8 Å². The molecular weight excluding hydrogens is 314 g/mol. The quantitative estimate of drug-likeness (QED) is 0.863. The van der Waals surface area contributed by atoms with Crippen LogP contribution >= 0.6 is 12.2 Å². The Bertz CT molecular complexity index is 649. The third-order valence-electron chi connectivity index (χ3n) is 4.10. The average Bonchev–Trinajstić information content (AvgIpc) is 3.08. The van der Waals surface area contributed by atoms with E-state index in [1.807, 2.05) is 26.0 Å². The van der Waals surface area contributed by atoms with Gasteiger partial charge in [0.2, 0.25) is 0 Å². The predicted octanol–water partition coefficient (Wildman–Crippen LogP) is 2.60. The van der Waals surface area contributed by atoms with Gasteiger partial charge < -0.3 is 10.2 Å². The molecule has 0 aromatic heterocycles.